The standard InChI is InChI=1S/C20H26N2O4/c1-5-25-18(23)17-15(21-17)11-10-13-12-22(19(24)26-20(2,3)4)16-9-7-6-8-14(13)16/h6-9,12,15,17,21H,5,10-11H2,1-4H3. The summed E-state index contributed by atoms with van der Waals surface area (Å²) in [5, 5.41) is 4.19. The number of ether oxygens (including phenoxy) is 2. The molecule has 1 aromatic carbocycles. The zero-order valence-electron chi connectivity index (χ0n) is 15.7. The Balaban J connectivity index is 1.73. The number of nitrogens with zero attached hydrogens (tertiary/aromatic N) is 1. The van der Waals surface area contributed by atoms with Crippen LogP contribution >= 0.6 is 0 Å². The van der Waals surface area contributed by atoms with Crippen molar-refractivity contribution >= 4 is 23.0 Å². The summed E-state index contributed by atoms with van der Waals surface area (Å²) >= 11 is 0. The maximum atomic E-state index is 12.5. The van der Waals surface area contributed by atoms with Gasteiger partial charge in [0.05, 0.1) is 12.1 Å². The fourth-order valence-electron chi connectivity index (χ4n) is 3.11. The number of hydrogen-bond acceptors (Lipinski definition) is 5. The molecule has 1 aliphatic rings. The molecule has 1 fully saturated rings. The molecule has 0 spiro atoms. The van der Waals surface area contributed by atoms with E-state index in [1.54, 1.807) is 11.5 Å². The first-order chi connectivity index (χ1) is 12.3. The van der Waals surface area contributed by atoms with Crippen LogP contribution in [0.3, 0.4) is 0 Å². The van der Waals surface area contributed by atoms with Gasteiger partial charge in [0.1, 0.15) is 11.6 Å². The molecule has 0 radical (unpaired) electrons. The highest BCUT2D eigenvalue weighted by Crippen LogP contribution is 2.26. The van der Waals surface area contributed by atoms with Gasteiger partial charge < -0.3 is 9.47 Å². The Kier molecular flexibility index (Phi) is 5.05. The number of carbonyl (C=O) groups excluding carboxylic acids is 2. The van der Waals surface area contributed by atoms with Crippen LogP contribution in [0.4, 0.5) is 4.79 Å². The van der Waals surface area contributed by atoms with Gasteiger partial charge in [0.25, 0.3) is 0 Å². The van der Waals surface area contributed by atoms with E-state index in [4.69, 9.17) is 9.47 Å². The van der Waals surface area contributed by atoms with E-state index in [0.717, 1.165) is 29.3 Å². The summed E-state index contributed by atoms with van der Waals surface area (Å²) in [5.74, 6) is -0.186. The molecule has 2 heterocycles. The predicted molar refractivity (Wildman–Crippen MR) is 99.2 cm³/mol. The quantitative estimate of drug-likeness (QED) is 0.655. The minimum Gasteiger partial charge on any atom is -0.465 e. The maximum Gasteiger partial charge on any atom is 0.419 e. The van der Waals surface area contributed by atoms with Crippen LogP contribution < -0.4 is 5.32 Å². The third-order valence-electron chi connectivity index (χ3n) is 4.34. The van der Waals surface area contributed by atoms with Crippen molar-refractivity contribution in [3.05, 3.63) is 36.0 Å². The SMILES string of the molecule is CCOC(=O)C1NC1CCc1cn(C(=O)OC(C)(C)C)c2ccccc12. The third-order valence-corrected chi connectivity index (χ3v) is 4.34. The predicted octanol–water partition coefficient (Wildman–Crippen LogP) is 3.26. The van der Waals surface area contributed by atoms with Crippen LogP contribution in [0.1, 0.15) is 39.7 Å². The molecule has 1 aromatic heterocycles. The summed E-state index contributed by atoms with van der Waals surface area (Å²) in [7, 11) is 0. The molecular weight excluding hydrogens is 332 g/mol. The fraction of sp³-hybridized carbons (Fsp3) is 0.500. The molecule has 0 amide bonds. The Morgan fingerprint density at radius 3 is 2.65 bits per heavy atom. The van der Waals surface area contributed by atoms with Crippen molar-refractivity contribution in [3.63, 3.8) is 0 Å². The molecule has 6 heteroatoms. The van der Waals surface area contributed by atoms with Crippen molar-refractivity contribution < 1.29 is 19.1 Å². The molecule has 3 rings (SSSR count). The molecule has 0 saturated carbocycles. The van der Waals surface area contributed by atoms with Crippen LogP contribution in [0.2, 0.25) is 0 Å². The first-order valence-electron chi connectivity index (χ1n) is 9.05. The smallest absolute Gasteiger partial charge is 0.419 e. The van der Waals surface area contributed by atoms with Crippen LogP contribution in [-0.4, -0.2) is 40.9 Å². The van der Waals surface area contributed by atoms with E-state index in [2.05, 4.69) is 5.32 Å². The van der Waals surface area contributed by atoms with Crippen molar-refractivity contribution in [2.24, 2.45) is 0 Å². The van der Waals surface area contributed by atoms with Gasteiger partial charge in [-0.15, -0.1) is 0 Å². The van der Waals surface area contributed by atoms with E-state index in [-0.39, 0.29) is 24.1 Å². The lowest BCUT2D eigenvalue weighted by molar-refractivity contribution is -0.142. The highest BCUT2D eigenvalue weighted by molar-refractivity contribution is 5.92. The minimum absolute atomic E-state index is 0.137. The summed E-state index contributed by atoms with van der Waals surface area (Å²) in [4.78, 5) is 24.2. The first kappa shape index (κ1) is 18.5. The number of fused-ring (bicyclic) bond motifs is 1. The number of carbonyl (C=O) groups is 2. The number of aryl methyl sites for hydroxylation is 1. The highest BCUT2D eigenvalue weighted by Gasteiger charge is 2.42. The largest absolute Gasteiger partial charge is 0.465 e. The molecule has 0 aliphatic carbocycles. The van der Waals surface area contributed by atoms with Crippen molar-refractivity contribution in [2.45, 2.75) is 58.2 Å². The van der Waals surface area contributed by atoms with Crippen molar-refractivity contribution in [1.82, 2.24) is 9.88 Å². The van der Waals surface area contributed by atoms with Crippen LogP contribution in [0.5, 0.6) is 0 Å². The molecule has 0 bridgehead atoms. The van der Waals surface area contributed by atoms with Gasteiger partial charge in [0.2, 0.25) is 0 Å². The molecule has 1 N–H and O–H groups in total. The number of benzene rings is 1. The summed E-state index contributed by atoms with van der Waals surface area (Å²) in [6, 6.07) is 7.73. The van der Waals surface area contributed by atoms with Gasteiger partial charge in [0, 0.05) is 17.6 Å². The van der Waals surface area contributed by atoms with E-state index in [9.17, 15) is 9.59 Å². The Morgan fingerprint density at radius 1 is 1.23 bits per heavy atom. The zero-order valence-corrected chi connectivity index (χ0v) is 15.7. The second-order valence-corrected chi connectivity index (χ2v) is 7.56. The van der Waals surface area contributed by atoms with Crippen molar-refractivity contribution in [2.75, 3.05) is 6.61 Å². The number of nitrogens with one attached hydrogen (secondary N) is 1. The monoisotopic (exact) mass is 358 g/mol. The molecule has 2 atom stereocenters. The van der Waals surface area contributed by atoms with Crippen LogP contribution in [-0.2, 0) is 20.7 Å². The van der Waals surface area contributed by atoms with E-state index in [1.165, 1.54) is 0 Å². The van der Waals surface area contributed by atoms with Gasteiger partial charge in [0.15, 0.2) is 0 Å². The van der Waals surface area contributed by atoms with E-state index >= 15 is 0 Å². The lowest BCUT2D eigenvalue weighted by Gasteiger charge is -2.19. The van der Waals surface area contributed by atoms with Gasteiger partial charge >= 0.3 is 12.1 Å². The molecular formula is C20H26N2O4. The number of para-hydroxylation sites is 1. The summed E-state index contributed by atoms with van der Waals surface area (Å²) < 4.78 is 12.1. The van der Waals surface area contributed by atoms with E-state index in [1.807, 2.05) is 51.2 Å². The maximum absolute atomic E-state index is 12.5. The number of hydrogen-bond donors (Lipinski definition) is 1. The molecule has 2 aromatic rings. The molecule has 140 valence electrons. The summed E-state index contributed by atoms with van der Waals surface area (Å²) in [5.41, 5.74) is 1.36. The number of rotatable bonds is 5. The number of aromatic nitrogens is 1. The van der Waals surface area contributed by atoms with Gasteiger partial charge in [-0.05, 0) is 52.2 Å². The fourth-order valence-corrected chi connectivity index (χ4v) is 3.11. The average molecular weight is 358 g/mol. The molecule has 1 saturated heterocycles. The molecule has 1 aliphatic heterocycles. The first-order valence-corrected chi connectivity index (χ1v) is 9.05. The van der Waals surface area contributed by atoms with Crippen molar-refractivity contribution in [3.8, 4) is 0 Å². The Morgan fingerprint density at radius 2 is 1.96 bits per heavy atom. The van der Waals surface area contributed by atoms with Crippen molar-refractivity contribution in [1.29, 1.82) is 0 Å². The van der Waals surface area contributed by atoms with Gasteiger partial charge in [-0.1, -0.05) is 18.2 Å². The topological polar surface area (TPSA) is 79.5 Å². The lowest BCUT2D eigenvalue weighted by atomic mass is 10.1. The van der Waals surface area contributed by atoms with Gasteiger partial charge in [-0.25, -0.2) is 4.79 Å². The van der Waals surface area contributed by atoms with E-state index < -0.39 is 5.60 Å². The summed E-state index contributed by atoms with van der Waals surface area (Å²) in [6.45, 7) is 7.76. The third kappa shape index (κ3) is 4.07. The lowest BCUT2D eigenvalue weighted by Crippen LogP contribution is -2.26. The Labute approximate surface area is 153 Å². The average Bonchev–Trinajstić information content (AvgIpc) is 3.25. The molecule has 6 nitrogen and oxygen atoms in total. The zero-order chi connectivity index (χ0) is 18.9. The minimum atomic E-state index is -0.548. The van der Waals surface area contributed by atoms with Gasteiger partial charge in [-0.3, -0.25) is 14.7 Å². The van der Waals surface area contributed by atoms with Crippen LogP contribution in [0.15, 0.2) is 30.5 Å². The molecule has 2 unspecified atom stereocenters. The normalized spacial score (nSPS) is 19.4. The second kappa shape index (κ2) is 7.11. The highest BCUT2D eigenvalue weighted by atomic mass is 16.6. The summed E-state index contributed by atoms with van der Waals surface area (Å²) in [6.07, 6.45) is 3.05. The van der Waals surface area contributed by atoms with Gasteiger partial charge in [-0.2, -0.15) is 0 Å². The Bertz CT molecular complexity index is 819. The number of esters is 1. The van der Waals surface area contributed by atoms with E-state index in [0.29, 0.717) is 6.61 Å². The molecule has 26 heavy (non-hydrogen) atoms. The Hall–Kier alpha value is -2.34. The van der Waals surface area contributed by atoms with Crippen LogP contribution in [0.25, 0.3) is 10.9 Å². The van der Waals surface area contributed by atoms with Crippen LogP contribution in [0, 0.1) is 0 Å². The second-order valence-electron chi connectivity index (χ2n) is 7.56.